The van der Waals surface area contributed by atoms with Crippen LogP contribution in [0.2, 0.25) is 0 Å². The average molecular weight is 437 g/mol. The first-order valence-corrected chi connectivity index (χ1v) is 11.2. The highest BCUT2D eigenvalue weighted by Gasteiger charge is 2.23. The fourth-order valence-electron chi connectivity index (χ4n) is 3.95. The summed E-state index contributed by atoms with van der Waals surface area (Å²) in [6.07, 6.45) is 4.13. The highest BCUT2D eigenvalue weighted by atomic mass is 16.3. The number of guanidine groups is 1. The Hall–Kier alpha value is -3.20. The van der Waals surface area contributed by atoms with Gasteiger partial charge < -0.3 is 19.6 Å². The van der Waals surface area contributed by atoms with Crippen molar-refractivity contribution >= 4 is 5.96 Å². The zero-order valence-electron chi connectivity index (χ0n) is 19.1. The maximum Gasteiger partial charge on any atom is 0.226 e. The summed E-state index contributed by atoms with van der Waals surface area (Å²) < 4.78 is 7.63. The molecule has 0 radical (unpaired) electrons. The van der Waals surface area contributed by atoms with E-state index in [-0.39, 0.29) is 0 Å². The van der Waals surface area contributed by atoms with Crippen molar-refractivity contribution in [2.75, 3.05) is 19.6 Å². The Morgan fingerprint density at radius 2 is 2.06 bits per heavy atom. The molecule has 0 saturated carbocycles. The van der Waals surface area contributed by atoms with Crippen LogP contribution in [0.1, 0.15) is 37.1 Å². The maximum absolute atomic E-state index is 5.65. The minimum Gasteiger partial charge on any atom is -0.444 e. The zero-order valence-corrected chi connectivity index (χ0v) is 19.1. The van der Waals surface area contributed by atoms with E-state index in [9.17, 15) is 0 Å². The standard InChI is InChI=1S/C23H32N8O/c1-4-31-12-8-11-20(31)14-25-23(26-15-21-29-28-17(2)30(21)3)24-13-19-16-32-22(27-19)18-9-6-5-7-10-18/h5-7,9-10,16,20H,4,8,11-15H2,1-3H3,(H2,24,25,26). The first-order valence-electron chi connectivity index (χ1n) is 11.2. The molecule has 32 heavy (non-hydrogen) atoms. The Labute approximate surface area is 189 Å². The van der Waals surface area contributed by atoms with E-state index in [4.69, 9.17) is 9.41 Å². The lowest BCUT2D eigenvalue weighted by Crippen LogP contribution is -2.44. The number of likely N-dealkylation sites (N-methyl/N-ethyl adjacent to an activating group) is 1. The Bertz CT molecular complexity index is 1030. The van der Waals surface area contributed by atoms with Crippen LogP contribution in [0.25, 0.3) is 11.5 Å². The van der Waals surface area contributed by atoms with E-state index in [1.807, 2.05) is 48.9 Å². The third-order valence-electron chi connectivity index (χ3n) is 5.98. The lowest BCUT2D eigenvalue weighted by atomic mass is 10.2. The normalized spacial score (nSPS) is 17.1. The molecule has 9 heteroatoms. The fourth-order valence-corrected chi connectivity index (χ4v) is 3.95. The summed E-state index contributed by atoms with van der Waals surface area (Å²) in [7, 11) is 1.97. The molecule has 1 unspecified atom stereocenters. The number of nitrogens with zero attached hydrogens (tertiary/aromatic N) is 6. The average Bonchev–Trinajstić information content (AvgIpc) is 3.55. The lowest BCUT2D eigenvalue weighted by molar-refractivity contribution is 0.267. The van der Waals surface area contributed by atoms with Gasteiger partial charge in [-0.2, -0.15) is 0 Å². The molecule has 1 aliphatic rings. The highest BCUT2D eigenvalue weighted by Crippen LogP contribution is 2.18. The van der Waals surface area contributed by atoms with E-state index in [0.29, 0.717) is 25.0 Å². The molecule has 0 amide bonds. The van der Waals surface area contributed by atoms with Gasteiger partial charge in [-0.15, -0.1) is 10.2 Å². The van der Waals surface area contributed by atoms with Gasteiger partial charge in [-0.3, -0.25) is 4.90 Å². The molecule has 2 aromatic heterocycles. The number of hydrogen-bond acceptors (Lipinski definition) is 6. The molecular formula is C23H32N8O. The van der Waals surface area contributed by atoms with E-state index < -0.39 is 0 Å². The molecule has 9 nitrogen and oxygen atoms in total. The maximum atomic E-state index is 5.65. The van der Waals surface area contributed by atoms with Crippen molar-refractivity contribution in [2.45, 2.75) is 45.8 Å². The number of benzene rings is 1. The predicted octanol–water partition coefficient (Wildman–Crippen LogP) is 2.50. The molecule has 0 spiro atoms. The Morgan fingerprint density at radius 3 is 2.81 bits per heavy atom. The van der Waals surface area contributed by atoms with Gasteiger partial charge in [0, 0.05) is 25.2 Å². The predicted molar refractivity (Wildman–Crippen MR) is 124 cm³/mol. The minimum absolute atomic E-state index is 0.422. The second-order valence-electron chi connectivity index (χ2n) is 8.06. The van der Waals surface area contributed by atoms with Gasteiger partial charge in [0.1, 0.15) is 17.8 Å². The summed E-state index contributed by atoms with van der Waals surface area (Å²) in [5.74, 6) is 3.09. The number of aliphatic imine (C=N–C) groups is 1. The largest absolute Gasteiger partial charge is 0.444 e. The van der Waals surface area contributed by atoms with Crippen molar-refractivity contribution in [2.24, 2.45) is 12.0 Å². The molecule has 4 rings (SSSR count). The molecule has 0 aliphatic carbocycles. The van der Waals surface area contributed by atoms with E-state index in [1.54, 1.807) is 6.26 Å². The minimum atomic E-state index is 0.422. The fraction of sp³-hybridized carbons (Fsp3) is 0.478. The quantitative estimate of drug-likeness (QED) is 0.414. The molecule has 1 saturated heterocycles. The number of likely N-dealkylation sites (tertiary alicyclic amines) is 1. The van der Waals surface area contributed by atoms with Crippen LogP contribution >= 0.6 is 0 Å². The summed E-state index contributed by atoms with van der Waals surface area (Å²) in [5.41, 5.74) is 1.74. The van der Waals surface area contributed by atoms with Crippen molar-refractivity contribution in [1.82, 2.24) is 35.3 Å². The number of hydrogen-bond donors (Lipinski definition) is 2. The molecule has 170 valence electrons. The number of aryl methyl sites for hydroxylation is 1. The lowest BCUT2D eigenvalue weighted by Gasteiger charge is -2.24. The molecule has 0 bridgehead atoms. The Morgan fingerprint density at radius 1 is 1.22 bits per heavy atom. The van der Waals surface area contributed by atoms with Crippen LogP contribution in [0, 0.1) is 6.92 Å². The number of oxazole rings is 1. The first kappa shape index (κ1) is 22.0. The van der Waals surface area contributed by atoms with Gasteiger partial charge in [-0.25, -0.2) is 9.98 Å². The molecule has 2 N–H and O–H groups in total. The van der Waals surface area contributed by atoms with Crippen LogP contribution in [0.3, 0.4) is 0 Å². The molecular weight excluding hydrogens is 404 g/mol. The van der Waals surface area contributed by atoms with Gasteiger partial charge in [0.05, 0.1) is 13.1 Å². The highest BCUT2D eigenvalue weighted by molar-refractivity contribution is 5.79. The van der Waals surface area contributed by atoms with Gasteiger partial charge in [0.25, 0.3) is 0 Å². The zero-order chi connectivity index (χ0) is 22.3. The van der Waals surface area contributed by atoms with Crippen molar-refractivity contribution in [3.05, 3.63) is 53.9 Å². The molecule has 1 aromatic carbocycles. The van der Waals surface area contributed by atoms with E-state index in [2.05, 4.69) is 37.6 Å². The topological polar surface area (TPSA) is 96.4 Å². The third-order valence-corrected chi connectivity index (χ3v) is 5.98. The van der Waals surface area contributed by atoms with Crippen molar-refractivity contribution in [3.63, 3.8) is 0 Å². The van der Waals surface area contributed by atoms with Gasteiger partial charge in [-0.05, 0) is 45.0 Å². The molecule has 3 aromatic rings. The van der Waals surface area contributed by atoms with Crippen LogP contribution in [0.5, 0.6) is 0 Å². The number of nitrogens with one attached hydrogen (secondary N) is 2. The summed E-state index contributed by atoms with van der Waals surface area (Å²) in [6.45, 7) is 8.22. The summed E-state index contributed by atoms with van der Waals surface area (Å²) in [6, 6.07) is 10.4. The SMILES string of the molecule is CCN1CCCC1CNC(=NCc1coc(-c2ccccc2)n1)NCc1nnc(C)n1C. The van der Waals surface area contributed by atoms with Crippen LogP contribution in [0.4, 0.5) is 0 Å². The number of aromatic nitrogens is 4. The molecule has 3 heterocycles. The smallest absolute Gasteiger partial charge is 0.226 e. The Balaban J connectivity index is 1.43. The van der Waals surface area contributed by atoms with Crippen molar-refractivity contribution in [3.8, 4) is 11.5 Å². The van der Waals surface area contributed by atoms with Gasteiger partial charge in [0.2, 0.25) is 5.89 Å². The van der Waals surface area contributed by atoms with Crippen LogP contribution in [0.15, 0.2) is 46.0 Å². The van der Waals surface area contributed by atoms with E-state index >= 15 is 0 Å². The molecule has 1 fully saturated rings. The number of rotatable bonds is 8. The second kappa shape index (κ2) is 10.4. The van der Waals surface area contributed by atoms with E-state index in [0.717, 1.165) is 42.0 Å². The van der Waals surface area contributed by atoms with Crippen LogP contribution in [-0.4, -0.2) is 56.3 Å². The Kier molecular flexibility index (Phi) is 7.16. The van der Waals surface area contributed by atoms with Gasteiger partial charge in [-0.1, -0.05) is 25.1 Å². The van der Waals surface area contributed by atoms with Gasteiger partial charge in [0.15, 0.2) is 11.8 Å². The first-order chi connectivity index (χ1) is 15.6. The summed E-state index contributed by atoms with van der Waals surface area (Å²) in [4.78, 5) is 11.9. The van der Waals surface area contributed by atoms with Crippen LogP contribution in [-0.2, 0) is 20.1 Å². The van der Waals surface area contributed by atoms with Gasteiger partial charge >= 0.3 is 0 Å². The molecule has 1 aliphatic heterocycles. The molecule has 1 atom stereocenters. The second-order valence-corrected chi connectivity index (χ2v) is 8.06. The monoisotopic (exact) mass is 436 g/mol. The third kappa shape index (κ3) is 5.34. The van der Waals surface area contributed by atoms with E-state index in [1.165, 1.54) is 19.4 Å². The van der Waals surface area contributed by atoms with Crippen LogP contribution < -0.4 is 10.6 Å². The van der Waals surface area contributed by atoms with Crippen molar-refractivity contribution in [1.29, 1.82) is 0 Å². The summed E-state index contributed by atoms with van der Waals surface area (Å²) in [5, 5.41) is 15.3. The van der Waals surface area contributed by atoms with Crippen molar-refractivity contribution < 1.29 is 4.42 Å². The summed E-state index contributed by atoms with van der Waals surface area (Å²) >= 11 is 0.